The number of amides is 1. The number of allylic oxidation sites excluding steroid dienone is 1. The van der Waals surface area contributed by atoms with E-state index in [2.05, 4.69) is 0 Å². The fourth-order valence-electron chi connectivity index (χ4n) is 4.39. The summed E-state index contributed by atoms with van der Waals surface area (Å²) in [5.41, 5.74) is 2.15. The molecule has 8 nitrogen and oxygen atoms in total. The van der Waals surface area contributed by atoms with Crippen LogP contribution in [0.15, 0.2) is 36.4 Å². The van der Waals surface area contributed by atoms with Crippen LogP contribution in [0.5, 0.6) is 23.0 Å². The summed E-state index contributed by atoms with van der Waals surface area (Å²) < 4.78 is 23.2. The van der Waals surface area contributed by atoms with Gasteiger partial charge in [-0.25, -0.2) is 4.79 Å². The number of hydrogen-bond donors (Lipinski definition) is 1. The molecule has 3 rings (SSSR count). The molecule has 1 aliphatic heterocycles. The molecule has 200 valence electrons. The maximum absolute atomic E-state index is 13.0. The smallest absolute Gasteiger partial charge is 0.341 e. The standard InChI is InChI=1S/C29H37NO7/c1-4-10-21-24(12-8-13-25(21)37-20-27(31)32)35-18-9-19-36-26-15-14-23(28(34-3)22(26)11-5-2)29(33)30-16-6-7-17-30/h5,8,11-15H,4,6-7,9-10,16-20H2,1-3H3,(H,31,32)/b11-5-. The second kappa shape index (κ2) is 14.2. The highest BCUT2D eigenvalue weighted by molar-refractivity contribution is 5.98. The predicted molar refractivity (Wildman–Crippen MR) is 142 cm³/mol. The van der Waals surface area contributed by atoms with Crippen molar-refractivity contribution in [2.45, 2.75) is 46.0 Å². The van der Waals surface area contributed by atoms with Crippen LogP contribution >= 0.6 is 0 Å². The molecular weight excluding hydrogens is 474 g/mol. The van der Waals surface area contributed by atoms with Gasteiger partial charge in [0.1, 0.15) is 23.0 Å². The van der Waals surface area contributed by atoms with E-state index in [4.69, 9.17) is 24.1 Å². The maximum Gasteiger partial charge on any atom is 0.341 e. The van der Waals surface area contributed by atoms with Crippen LogP contribution in [-0.4, -0.2) is 61.9 Å². The lowest BCUT2D eigenvalue weighted by Gasteiger charge is -2.20. The monoisotopic (exact) mass is 511 g/mol. The van der Waals surface area contributed by atoms with Crippen LogP contribution in [0.2, 0.25) is 0 Å². The molecule has 2 aromatic carbocycles. The third-order valence-electron chi connectivity index (χ3n) is 6.06. The lowest BCUT2D eigenvalue weighted by atomic mass is 10.1. The van der Waals surface area contributed by atoms with Crippen LogP contribution < -0.4 is 18.9 Å². The Morgan fingerprint density at radius 3 is 2.30 bits per heavy atom. The van der Waals surface area contributed by atoms with E-state index < -0.39 is 12.6 Å². The fraction of sp³-hybridized carbons (Fsp3) is 0.448. The summed E-state index contributed by atoms with van der Waals surface area (Å²) in [4.78, 5) is 25.8. The molecule has 0 bridgehead atoms. The van der Waals surface area contributed by atoms with Crippen LogP contribution in [0.3, 0.4) is 0 Å². The van der Waals surface area contributed by atoms with Gasteiger partial charge in [0.05, 0.1) is 31.5 Å². The average molecular weight is 512 g/mol. The number of hydrogen-bond acceptors (Lipinski definition) is 6. The summed E-state index contributed by atoms with van der Waals surface area (Å²) >= 11 is 0. The molecule has 1 saturated heterocycles. The van der Waals surface area contributed by atoms with Crippen LogP contribution in [0.1, 0.15) is 61.0 Å². The largest absolute Gasteiger partial charge is 0.495 e. The molecule has 0 saturated carbocycles. The molecule has 1 N–H and O–H groups in total. The van der Waals surface area contributed by atoms with E-state index in [0.29, 0.717) is 48.2 Å². The molecule has 37 heavy (non-hydrogen) atoms. The van der Waals surface area contributed by atoms with Crippen molar-refractivity contribution < 1.29 is 33.6 Å². The first-order valence-corrected chi connectivity index (χ1v) is 12.8. The molecule has 1 fully saturated rings. The van der Waals surface area contributed by atoms with E-state index in [9.17, 15) is 9.59 Å². The fourth-order valence-corrected chi connectivity index (χ4v) is 4.39. The molecule has 2 aromatic rings. The zero-order valence-electron chi connectivity index (χ0n) is 22.0. The number of aliphatic carboxylic acids is 1. The number of carboxylic acid groups (broad SMARTS) is 1. The van der Waals surface area contributed by atoms with E-state index in [-0.39, 0.29) is 5.91 Å². The van der Waals surface area contributed by atoms with Gasteiger partial charge in [-0.3, -0.25) is 4.79 Å². The first-order valence-electron chi connectivity index (χ1n) is 12.8. The quantitative estimate of drug-likeness (QED) is 0.347. The minimum absolute atomic E-state index is 0.0162. The molecule has 1 heterocycles. The van der Waals surface area contributed by atoms with Gasteiger partial charge in [-0.1, -0.05) is 31.6 Å². The summed E-state index contributed by atoms with van der Waals surface area (Å²) in [5, 5.41) is 8.94. The van der Waals surface area contributed by atoms with E-state index in [1.165, 1.54) is 0 Å². The SMILES string of the molecule is C/C=C\c1c(OCCCOc2cccc(OCC(=O)O)c2CCC)ccc(C(=O)N2CCCC2)c1OC. The van der Waals surface area contributed by atoms with E-state index in [1.807, 2.05) is 43.0 Å². The molecule has 0 spiro atoms. The molecule has 1 amide bonds. The summed E-state index contributed by atoms with van der Waals surface area (Å²) in [6, 6.07) is 9.02. The van der Waals surface area contributed by atoms with Gasteiger partial charge in [-0.15, -0.1) is 0 Å². The molecule has 0 aliphatic carbocycles. The van der Waals surface area contributed by atoms with Gasteiger partial charge in [0, 0.05) is 25.1 Å². The molecule has 1 aliphatic rings. The average Bonchev–Trinajstić information content (AvgIpc) is 3.44. The summed E-state index contributed by atoms with van der Waals surface area (Å²) in [6.45, 7) is 5.93. The number of carbonyl (C=O) groups excluding carboxylic acids is 1. The first kappa shape index (κ1) is 27.9. The van der Waals surface area contributed by atoms with Crippen molar-refractivity contribution in [2.75, 3.05) is 40.0 Å². The Kier molecular flexibility index (Phi) is 10.7. The number of methoxy groups -OCH3 is 1. The Morgan fingerprint density at radius 1 is 1.00 bits per heavy atom. The van der Waals surface area contributed by atoms with Crippen molar-refractivity contribution in [1.29, 1.82) is 0 Å². The Morgan fingerprint density at radius 2 is 1.68 bits per heavy atom. The van der Waals surface area contributed by atoms with Crippen molar-refractivity contribution in [3.8, 4) is 23.0 Å². The van der Waals surface area contributed by atoms with Crippen LogP contribution in [0, 0.1) is 0 Å². The number of carboxylic acids is 1. The second-order valence-corrected chi connectivity index (χ2v) is 8.77. The molecular formula is C29H37NO7. The van der Waals surface area contributed by atoms with Gasteiger partial charge in [-0.2, -0.15) is 0 Å². The van der Waals surface area contributed by atoms with Crippen molar-refractivity contribution in [2.24, 2.45) is 0 Å². The number of rotatable bonds is 14. The number of carbonyl (C=O) groups is 2. The topological polar surface area (TPSA) is 94.5 Å². The second-order valence-electron chi connectivity index (χ2n) is 8.77. The third kappa shape index (κ3) is 7.41. The lowest BCUT2D eigenvalue weighted by Crippen LogP contribution is -2.28. The number of likely N-dealkylation sites (tertiary alicyclic amines) is 1. The first-order chi connectivity index (χ1) is 18.0. The Hall–Kier alpha value is -3.68. The van der Waals surface area contributed by atoms with E-state index in [1.54, 1.807) is 25.3 Å². The van der Waals surface area contributed by atoms with Crippen molar-refractivity contribution >= 4 is 18.0 Å². The van der Waals surface area contributed by atoms with Gasteiger partial charge < -0.3 is 29.0 Å². The Balaban J connectivity index is 1.64. The summed E-state index contributed by atoms with van der Waals surface area (Å²) in [6.07, 6.45) is 8.06. The lowest BCUT2D eigenvalue weighted by molar-refractivity contribution is -0.139. The predicted octanol–water partition coefficient (Wildman–Crippen LogP) is 5.23. The summed E-state index contributed by atoms with van der Waals surface area (Å²) in [5.74, 6) is 1.34. The normalized spacial score (nSPS) is 13.1. The molecule has 0 radical (unpaired) electrons. The van der Waals surface area contributed by atoms with Crippen molar-refractivity contribution in [3.63, 3.8) is 0 Å². The Labute approximate surface area is 218 Å². The van der Waals surface area contributed by atoms with Crippen LogP contribution in [0.4, 0.5) is 0 Å². The zero-order chi connectivity index (χ0) is 26.6. The minimum atomic E-state index is -1.02. The molecule has 0 aromatic heterocycles. The van der Waals surface area contributed by atoms with Crippen molar-refractivity contribution in [1.82, 2.24) is 4.90 Å². The van der Waals surface area contributed by atoms with Gasteiger partial charge in [0.15, 0.2) is 6.61 Å². The van der Waals surface area contributed by atoms with Gasteiger partial charge in [-0.05, 0) is 50.5 Å². The van der Waals surface area contributed by atoms with Gasteiger partial charge in [0.25, 0.3) is 5.91 Å². The van der Waals surface area contributed by atoms with Crippen LogP contribution in [-0.2, 0) is 11.2 Å². The van der Waals surface area contributed by atoms with Crippen molar-refractivity contribution in [3.05, 3.63) is 53.1 Å². The van der Waals surface area contributed by atoms with E-state index >= 15 is 0 Å². The number of benzene rings is 2. The van der Waals surface area contributed by atoms with E-state index in [0.717, 1.165) is 49.9 Å². The molecule has 8 heteroatoms. The van der Waals surface area contributed by atoms with Gasteiger partial charge >= 0.3 is 5.97 Å². The maximum atomic E-state index is 13.0. The summed E-state index contributed by atoms with van der Waals surface area (Å²) in [7, 11) is 1.57. The highest BCUT2D eigenvalue weighted by atomic mass is 16.5. The molecule has 0 unspecified atom stereocenters. The highest BCUT2D eigenvalue weighted by Crippen LogP contribution is 2.35. The number of nitrogens with zero attached hydrogens (tertiary/aromatic N) is 1. The highest BCUT2D eigenvalue weighted by Gasteiger charge is 2.25. The minimum Gasteiger partial charge on any atom is -0.495 e. The number of ether oxygens (including phenoxy) is 4. The molecule has 0 atom stereocenters. The van der Waals surface area contributed by atoms with Crippen LogP contribution in [0.25, 0.3) is 6.08 Å². The Bertz CT molecular complexity index is 1090. The third-order valence-corrected chi connectivity index (χ3v) is 6.06. The zero-order valence-corrected chi connectivity index (χ0v) is 22.0. The van der Waals surface area contributed by atoms with Gasteiger partial charge in [0.2, 0.25) is 0 Å².